The number of rotatable bonds is 4. The highest BCUT2D eigenvalue weighted by atomic mass is 35.5. The number of carbonyl (C=O) groups excluding carboxylic acids is 1. The van der Waals surface area contributed by atoms with Gasteiger partial charge in [-0.05, 0) is 12.1 Å². The van der Waals surface area contributed by atoms with Crippen LogP contribution < -0.4 is 4.74 Å². The van der Waals surface area contributed by atoms with Gasteiger partial charge in [0.25, 0.3) is 0 Å². The topological polar surface area (TPSA) is 59.3 Å². The average Bonchev–Trinajstić information content (AvgIpc) is 2.36. The molecule has 1 rings (SSSR count). The van der Waals surface area contributed by atoms with Crippen molar-refractivity contribution in [1.82, 2.24) is 0 Å². The number of ether oxygens (including phenoxy) is 2. The highest BCUT2D eigenvalue weighted by molar-refractivity contribution is 6.18. The largest absolute Gasteiger partial charge is 0.465 e. The molecule has 0 aliphatic rings. The van der Waals surface area contributed by atoms with E-state index in [0.29, 0.717) is 0 Å². The van der Waals surface area contributed by atoms with Crippen molar-refractivity contribution < 1.29 is 23.0 Å². The van der Waals surface area contributed by atoms with Gasteiger partial charge in [0.2, 0.25) is 0 Å². The molecule has 0 aliphatic carbocycles. The number of carbonyl (C=O) groups is 1. The maximum absolute atomic E-state index is 12.1. The Bertz CT molecular complexity index is 500. The van der Waals surface area contributed by atoms with E-state index in [2.05, 4.69) is 9.47 Å². The molecule has 7 heteroatoms. The van der Waals surface area contributed by atoms with E-state index in [0.717, 1.165) is 13.2 Å². The van der Waals surface area contributed by atoms with Crippen molar-refractivity contribution in [2.24, 2.45) is 0 Å². The Kier molecular flexibility index (Phi) is 4.86. The van der Waals surface area contributed by atoms with Crippen molar-refractivity contribution in [1.29, 1.82) is 5.26 Å². The normalized spacial score (nSPS) is 10.0. The summed E-state index contributed by atoms with van der Waals surface area (Å²) in [6.45, 7) is -3.07. The fourth-order valence-corrected chi connectivity index (χ4v) is 1.66. The lowest BCUT2D eigenvalue weighted by atomic mass is 10.0. The summed E-state index contributed by atoms with van der Waals surface area (Å²) in [6, 6.07) is 4.02. The minimum Gasteiger partial charge on any atom is -0.465 e. The molecule has 0 N–H and O–H groups in total. The van der Waals surface area contributed by atoms with Crippen LogP contribution in [0.1, 0.15) is 21.5 Å². The second kappa shape index (κ2) is 6.17. The molecule has 0 fully saturated rings. The average molecular weight is 276 g/mol. The molecule has 0 saturated heterocycles. The van der Waals surface area contributed by atoms with E-state index in [1.165, 1.54) is 6.07 Å². The number of nitrogens with zero attached hydrogens (tertiary/aromatic N) is 1. The van der Waals surface area contributed by atoms with Gasteiger partial charge in [-0.3, -0.25) is 0 Å². The van der Waals surface area contributed by atoms with Crippen LogP contribution in [0.4, 0.5) is 8.78 Å². The van der Waals surface area contributed by atoms with Crippen molar-refractivity contribution >= 4 is 17.6 Å². The van der Waals surface area contributed by atoms with E-state index in [-0.39, 0.29) is 28.3 Å². The van der Waals surface area contributed by atoms with Gasteiger partial charge in [0.05, 0.1) is 18.2 Å². The van der Waals surface area contributed by atoms with Crippen molar-refractivity contribution in [3.8, 4) is 11.8 Å². The number of esters is 1. The van der Waals surface area contributed by atoms with Gasteiger partial charge >= 0.3 is 12.6 Å². The Morgan fingerprint density at radius 3 is 2.67 bits per heavy atom. The van der Waals surface area contributed by atoms with Gasteiger partial charge in [-0.25, -0.2) is 4.79 Å². The van der Waals surface area contributed by atoms with Crippen LogP contribution in [0.15, 0.2) is 12.1 Å². The molecule has 1 aromatic carbocycles. The minimum atomic E-state index is -3.07. The van der Waals surface area contributed by atoms with Crippen molar-refractivity contribution in [3.63, 3.8) is 0 Å². The first-order valence-corrected chi connectivity index (χ1v) is 5.23. The zero-order valence-electron chi connectivity index (χ0n) is 9.25. The van der Waals surface area contributed by atoms with E-state index in [4.69, 9.17) is 16.9 Å². The number of alkyl halides is 3. The molecular formula is C11H8ClF2NO3. The number of methoxy groups -OCH3 is 1. The maximum Gasteiger partial charge on any atom is 0.387 e. The Morgan fingerprint density at radius 1 is 1.56 bits per heavy atom. The van der Waals surface area contributed by atoms with Gasteiger partial charge in [-0.2, -0.15) is 14.0 Å². The van der Waals surface area contributed by atoms with Gasteiger partial charge < -0.3 is 9.47 Å². The Hall–Kier alpha value is -1.87. The van der Waals surface area contributed by atoms with Gasteiger partial charge in [0.1, 0.15) is 11.8 Å². The number of nitriles is 1. The second-order valence-corrected chi connectivity index (χ2v) is 3.35. The summed E-state index contributed by atoms with van der Waals surface area (Å²) in [5, 5.41) is 8.94. The summed E-state index contributed by atoms with van der Waals surface area (Å²) in [5.74, 6) is -1.23. The lowest BCUT2D eigenvalue weighted by molar-refractivity contribution is -0.0500. The Balaban J connectivity index is 3.37. The molecule has 0 unspecified atom stereocenters. The van der Waals surface area contributed by atoms with Crippen LogP contribution >= 0.6 is 11.6 Å². The third-order valence-electron chi connectivity index (χ3n) is 2.14. The van der Waals surface area contributed by atoms with Gasteiger partial charge in [0, 0.05) is 11.4 Å². The zero-order chi connectivity index (χ0) is 13.7. The molecule has 18 heavy (non-hydrogen) atoms. The molecule has 0 atom stereocenters. The van der Waals surface area contributed by atoms with Crippen LogP contribution in [-0.2, 0) is 10.6 Å². The summed E-state index contributed by atoms with van der Waals surface area (Å²) < 4.78 is 33.0. The van der Waals surface area contributed by atoms with E-state index in [1.807, 2.05) is 0 Å². The monoisotopic (exact) mass is 275 g/mol. The predicted molar refractivity (Wildman–Crippen MR) is 58.7 cm³/mol. The predicted octanol–water partition coefficient (Wildman–Crippen LogP) is 2.69. The summed E-state index contributed by atoms with van der Waals surface area (Å²) in [5.41, 5.74) is -0.0527. The highest BCUT2D eigenvalue weighted by Crippen LogP contribution is 2.28. The standard InChI is InChI=1S/C11H8ClF2NO3/c1-17-10(16)6-2-3-9(18-11(13)14)8(5-15)7(6)4-12/h2-3,11H,4H2,1H3. The fourth-order valence-electron chi connectivity index (χ4n) is 1.38. The molecular weight excluding hydrogens is 268 g/mol. The molecule has 0 saturated carbocycles. The summed E-state index contributed by atoms with van der Waals surface area (Å²) >= 11 is 5.62. The lowest BCUT2D eigenvalue weighted by Crippen LogP contribution is -2.10. The van der Waals surface area contributed by atoms with Gasteiger partial charge in [-0.15, -0.1) is 11.6 Å². The smallest absolute Gasteiger partial charge is 0.387 e. The quantitative estimate of drug-likeness (QED) is 0.626. The van der Waals surface area contributed by atoms with Crippen LogP contribution in [0.25, 0.3) is 0 Å². The van der Waals surface area contributed by atoms with Crippen molar-refractivity contribution in [2.75, 3.05) is 7.11 Å². The first kappa shape index (κ1) is 14.2. The van der Waals surface area contributed by atoms with Crippen molar-refractivity contribution in [2.45, 2.75) is 12.5 Å². The minimum absolute atomic E-state index is 0.0469. The lowest BCUT2D eigenvalue weighted by Gasteiger charge is -2.12. The molecule has 0 aromatic heterocycles. The third kappa shape index (κ3) is 2.87. The molecule has 0 radical (unpaired) electrons. The number of benzene rings is 1. The van der Waals surface area contributed by atoms with Crippen LogP contribution in [0, 0.1) is 11.3 Å². The molecule has 1 aromatic rings. The maximum atomic E-state index is 12.1. The molecule has 0 spiro atoms. The first-order valence-electron chi connectivity index (χ1n) is 4.70. The van der Waals surface area contributed by atoms with E-state index in [9.17, 15) is 13.6 Å². The highest BCUT2D eigenvalue weighted by Gasteiger charge is 2.20. The molecule has 0 amide bonds. The summed E-state index contributed by atoms with van der Waals surface area (Å²) in [6.07, 6.45) is 0. The van der Waals surface area contributed by atoms with E-state index < -0.39 is 12.6 Å². The summed E-state index contributed by atoms with van der Waals surface area (Å²) in [7, 11) is 1.16. The Labute approximate surface area is 107 Å². The van der Waals surface area contributed by atoms with Crippen LogP contribution in [0.2, 0.25) is 0 Å². The van der Waals surface area contributed by atoms with E-state index >= 15 is 0 Å². The number of halogens is 3. The zero-order valence-corrected chi connectivity index (χ0v) is 10.0. The molecule has 4 nitrogen and oxygen atoms in total. The third-order valence-corrected chi connectivity index (χ3v) is 2.41. The van der Waals surface area contributed by atoms with Crippen LogP contribution in [0.5, 0.6) is 5.75 Å². The summed E-state index contributed by atoms with van der Waals surface area (Å²) in [4.78, 5) is 11.4. The SMILES string of the molecule is COC(=O)c1ccc(OC(F)F)c(C#N)c1CCl. The van der Waals surface area contributed by atoms with E-state index in [1.54, 1.807) is 6.07 Å². The van der Waals surface area contributed by atoms with Crippen LogP contribution in [0.3, 0.4) is 0 Å². The molecule has 0 bridgehead atoms. The van der Waals surface area contributed by atoms with Gasteiger partial charge in [-0.1, -0.05) is 0 Å². The first-order chi connectivity index (χ1) is 8.54. The molecule has 0 heterocycles. The number of hydrogen-bond donors (Lipinski definition) is 0. The Morgan fingerprint density at radius 2 is 2.22 bits per heavy atom. The van der Waals surface area contributed by atoms with Gasteiger partial charge in [0.15, 0.2) is 0 Å². The van der Waals surface area contributed by atoms with Crippen LogP contribution in [-0.4, -0.2) is 19.7 Å². The number of hydrogen-bond acceptors (Lipinski definition) is 4. The van der Waals surface area contributed by atoms with Crippen molar-refractivity contribution in [3.05, 3.63) is 28.8 Å². The molecule has 0 aliphatic heterocycles. The molecule has 96 valence electrons. The second-order valence-electron chi connectivity index (χ2n) is 3.08. The fraction of sp³-hybridized carbons (Fsp3) is 0.273.